The Kier molecular flexibility index (Phi) is 5.57. The average Bonchev–Trinajstić information content (AvgIpc) is 3.04. The number of nitrogens with zero attached hydrogens (tertiary/aromatic N) is 4. The van der Waals surface area contributed by atoms with Crippen molar-refractivity contribution < 1.29 is 18.0 Å². The van der Waals surface area contributed by atoms with Crippen molar-refractivity contribution in [3.63, 3.8) is 0 Å². The number of pyridine rings is 1. The Labute approximate surface area is 145 Å². The van der Waals surface area contributed by atoms with E-state index in [0.717, 1.165) is 24.1 Å². The van der Waals surface area contributed by atoms with Gasteiger partial charge in [-0.15, -0.1) is 0 Å². The van der Waals surface area contributed by atoms with Gasteiger partial charge in [0.25, 0.3) is 6.43 Å². The van der Waals surface area contributed by atoms with Crippen molar-refractivity contribution in [1.29, 1.82) is 0 Å². The largest absolute Gasteiger partial charge is 0.481 e. The summed E-state index contributed by atoms with van der Waals surface area (Å²) in [6.45, 7) is 3.12. The summed E-state index contributed by atoms with van der Waals surface area (Å²) in [6.07, 6.45) is 0.145. The van der Waals surface area contributed by atoms with Crippen molar-refractivity contribution in [2.24, 2.45) is 5.92 Å². The Morgan fingerprint density at radius 1 is 1.28 bits per heavy atom. The molecule has 1 saturated heterocycles. The van der Waals surface area contributed by atoms with Gasteiger partial charge in [-0.1, -0.05) is 5.16 Å². The number of ether oxygens (including phenoxy) is 1. The van der Waals surface area contributed by atoms with Crippen molar-refractivity contribution >= 4 is 0 Å². The first-order valence-corrected chi connectivity index (χ1v) is 8.39. The number of halogens is 2. The minimum absolute atomic E-state index is 0.138. The zero-order valence-electron chi connectivity index (χ0n) is 14.4. The molecule has 1 aliphatic rings. The van der Waals surface area contributed by atoms with Crippen LogP contribution in [0.5, 0.6) is 5.88 Å². The third-order valence-electron chi connectivity index (χ3n) is 4.43. The Hall–Kier alpha value is -2.09. The number of rotatable bonds is 6. The summed E-state index contributed by atoms with van der Waals surface area (Å²) >= 11 is 0. The van der Waals surface area contributed by atoms with E-state index in [9.17, 15) is 8.78 Å². The molecule has 0 saturated carbocycles. The van der Waals surface area contributed by atoms with Gasteiger partial charge in [0.1, 0.15) is 0 Å². The first-order valence-electron chi connectivity index (χ1n) is 8.39. The SMILES string of the molecule is COc1cc(-c2noc(CC3CCN(CC(F)F)CC3)n2)cc(C)n1. The van der Waals surface area contributed by atoms with Gasteiger partial charge < -0.3 is 9.26 Å². The van der Waals surface area contributed by atoms with Gasteiger partial charge in [0.05, 0.1) is 13.7 Å². The molecule has 1 fully saturated rings. The molecule has 0 unspecified atom stereocenters. The van der Waals surface area contributed by atoms with Crippen LogP contribution in [0.2, 0.25) is 0 Å². The van der Waals surface area contributed by atoms with Crippen LogP contribution in [-0.4, -0.2) is 53.2 Å². The molecule has 0 bridgehead atoms. The minimum Gasteiger partial charge on any atom is -0.481 e. The van der Waals surface area contributed by atoms with Crippen molar-refractivity contribution in [2.45, 2.75) is 32.6 Å². The van der Waals surface area contributed by atoms with Crippen molar-refractivity contribution in [3.05, 3.63) is 23.7 Å². The molecule has 25 heavy (non-hydrogen) atoms. The molecule has 3 heterocycles. The van der Waals surface area contributed by atoms with Crippen LogP contribution < -0.4 is 4.74 Å². The lowest BCUT2D eigenvalue weighted by Crippen LogP contribution is -2.37. The molecule has 2 aromatic rings. The third kappa shape index (κ3) is 4.72. The van der Waals surface area contributed by atoms with Crippen molar-refractivity contribution in [3.8, 4) is 17.3 Å². The van der Waals surface area contributed by atoms with Crippen LogP contribution in [0, 0.1) is 12.8 Å². The fourth-order valence-electron chi connectivity index (χ4n) is 3.14. The molecule has 1 aliphatic heterocycles. The maximum Gasteiger partial charge on any atom is 0.251 e. The van der Waals surface area contributed by atoms with Crippen molar-refractivity contribution in [1.82, 2.24) is 20.0 Å². The Bertz CT molecular complexity index is 700. The van der Waals surface area contributed by atoms with Crippen molar-refractivity contribution in [2.75, 3.05) is 26.7 Å². The summed E-state index contributed by atoms with van der Waals surface area (Å²) in [5.74, 6) is 1.98. The van der Waals surface area contributed by atoms with Crippen LogP contribution in [0.15, 0.2) is 16.7 Å². The smallest absolute Gasteiger partial charge is 0.251 e. The second-order valence-electron chi connectivity index (χ2n) is 6.39. The van der Waals surface area contributed by atoms with Crippen LogP contribution in [0.3, 0.4) is 0 Å². The Balaban J connectivity index is 1.60. The maximum absolute atomic E-state index is 12.4. The minimum atomic E-state index is -2.27. The number of hydrogen-bond acceptors (Lipinski definition) is 6. The quantitative estimate of drug-likeness (QED) is 0.796. The molecule has 0 amide bonds. The lowest BCUT2D eigenvalue weighted by Gasteiger charge is -2.30. The highest BCUT2D eigenvalue weighted by molar-refractivity contribution is 5.56. The van der Waals surface area contributed by atoms with Crippen LogP contribution in [-0.2, 0) is 6.42 Å². The maximum atomic E-state index is 12.4. The van der Waals surface area contributed by atoms with Gasteiger partial charge in [0, 0.05) is 23.7 Å². The summed E-state index contributed by atoms with van der Waals surface area (Å²) in [4.78, 5) is 10.5. The predicted octanol–water partition coefficient (Wildman–Crippen LogP) is 2.97. The monoisotopic (exact) mass is 352 g/mol. The average molecular weight is 352 g/mol. The standard InChI is InChI=1S/C17H22F2N4O2/c1-11-7-13(9-15(20-11)24-2)17-21-16(25-22-17)8-12-3-5-23(6-4-12)10-14(18)19/h7,9,12,14H,3-6,8,10H2,1-2H3. The second kappa shape index (κ2) is 7.86. The van der Waals surface area contributed by atoms with Gasteiger partial charge in [0.2, 0.25) is 17.6 Å². The molecule has 3 rings (SSSR count). The molecule has 0 spiro atoms. The highest BCUT2D eigenvalue weighted by Gasteiger charge is 2.23. The molecule has 0 aliphatic carbocycles. The normalized spacial score (nSPS) is 16.5. The van der Waals surface area contributed by atoms with Crippen LogP contribution in [0.25, 0.3) is 11.4 Å². The number of piperidine rings is 1. The molecule has 0 aromatic carbocycles. The Morgan fingerprint density at radius 2 is 2.04 bits per heavy atom. The second-order valence-corrected chi connectivity index (χ2v) is 6.39. The van der Waals surface area contributed by atoms with E-state index in [1.54, 1.807) is 13.2 Å². The molecular weight excluding hydrogens is 330 g/mol. The van der Waals surface area contributed by atoms with Gasteiger partial charge in [-0.25, -0.2) is 13.8 Å². The summed E-state index contributed by atoms with van der Waals surface area (Å²) in [5.41, 5.74) is 1.61. The number of likely N-dealkylation sites (tertiary alicyclic amines) is 1. The zero-order chi connectivity index (χ0) is 17.8. The van der Waals surface area contributed by atoms with Gasteiger partial charge in [-0.2, -0.15) is 4.98 Å². The highest BCUT2D eigenvalue weighted by Crippen LogP contribution is 2.24. The summed E-state index contributed by atoms with van der Waals surface area (Å²) in [7, 11) is 1.56. The third-order valence-corrected chi connectivity index (χ3v) is 4.43. The topological polar surface area (TPSA) is 64.3 Å². The lowest BCUT2D eigenvalue weighted by atomic mass is 9.93. The highest BCUT2D eigenvalue weighted by atomic mass is 19.3. The van der Waals surface area contributed by atoms with E-state index in [4.69, 9.17) is 9.26 Å². The number of aryl methyl sites for hydroxylation is 1. The molecule has 8 heteroatoms. The van der Waals surface area contributed by atoms with Crippen LogP contribution in [0.1, 0.15) is 24.4 Å². The first-order chi connectivity index (χ1) is 12.0. The molecule has 136 valence electrons. The van der Waals surface area contributed by atoms with Crippen LogP contribution in [0.4, 0.5) is 8.78 Å². The van der Waals surface area contributed by atoms with E-state index in [1.165, 1.54) is 0 Å². The molecule has 6 nitrogen and oxygen atoms in total. The lowest BCUT2D eigenvalue weighted by molar-refractivity contribution is 0.0681. The van der Waals surface area contributed by atoms with E-state index >= 15 is 0 Å². The Morgan fingerprint density at radius 3 is 2.72 bits per heavy atom. The van der Waals surface area contributed by atoms with E-state index in [2.05, 4.69) is 15.1 Å². The van der Waals surface area contributed by atoms with E-state index in [0.29, 0.717) is 43.0 Å². The number of methoxy groups -OCH3 is 1. The molecule has 0 atom stereocenters. The van der Waals surface area contributed by atoms with Gasteiger partial charge >= 0.3 is 0 Å². The predicted molar refractivity (Wildman–Crippen MR) is 87.7 cm³/mol. The van der Waals surface area contributed by atoms with E-state index in [-0.39, 0.29) is 6.54 Å². The number of aromatic nitrogens is 3. The molecule has 0 N–H and O–H groups in total. The first kappa shape index (κ1) is 17.7. The fraction of sp³-hybridized carbons (Fsp3) is 0.588. The van der Waals surface area contributed by atoms with E-state index < -0.39 is 6.43 Å². The van der Waals surface area contributed by atoms with Gasteiger partial charge in [-0.05, 0) is 44.8 Å². The fourth-order valence-corrected chi connectivity index (χ4v) is 3.14. The van der Waals surface area contributed by atoms with E-state index in [1.807, 2.05) is 17.9 Å². The number of alkyl halides is 2. The number of hydrogen-bond donors (Lipinski definition) is 0. The molecular formula is C17H22F2N4O2. The van der Waals surface area contributed by atoms with Gasteiger partial charge in [-0.3, -0.25) is 4.90 Å². The zero-order valence-corrected chi connectivity index (χ0v) is 14.4. The summed E-state index contributed by atoms with van der Waals surface area (Å²) in [5, 5.41) is 4.04. The molecule has 2 aromatic heterocycles. The summed E-state index contributed by atoms with van der Waals surface area (Å²) < 4.78 is 35.4. The molecule has 0 radical (unpaired) electrons. The summed E-state index contributed by atoms with van der Waals surface area (Å²) in [6, 6.07) is 3.64. The van der Waals surface area contributed by atoms with Crippen LogP contribution >= 0.6 is 0 Å². The van der Waals surface area contributed by atoms with Gasteiger partial charge in [0.15, 0.2) is 0 Å².